The lowest BCUT2D eigenvalue weighted by atomic mass is 10.1. The number of nitrogens with one attached hydrogen (secondary N) is 1. The highest BCUT2D eigenvalue weighted by molar-refractivity contribution is 6.74. The minimum absolute atomic E-state index is 0.0313. The van der Waals surface area contributed by atoms with Crippen molar-refractivity contribution in [2.75, 3.05) is 13.7 Å². The van der Waals surface area contributed by atoms with Crippen molar-refractivity contribution in [1.82, 2.24) is 9.55 Å². The normalized spacial score (nSPS) is 27.1. The summed E-state index contributed by atoms with van der Waals surface area (Å²) in [4.78, 5) is 26.0. The molecule has 0 aromatic carbocycles. The Labute approximate surface area is 154 Å². The molecule has 1 aliphatic rings. The molecule has 26 heavy (non-hydrogen) atoms. The maximum absolute atomic E-state index is 12.2. The molecule has 8 nitrogen and oxygen atoms in total. The van der Waals surface area contributed by atoms with E-state index in [1.807, 2.05) is 0 Å². The largest absolute Gasteiger partial charge is 0.414 e. The van der Waals surface area contributed by atoms with Gasteiger partial charge < -0.3 is 19.0 Å². The first kappa shape index (κ1) is 21.0. The average Bonchev–Trinajstić information content (AvgIpc) is 2.83. The minimum atomic E-state index is -2.01. The number of hydrogen-bond donors (Lipinski definition) is 2. The molecule has 0 aliphatic carbocycles. The zero-order valence-corrected chi connectivity index (χ0v) is 17.5. The van der Waals surface area contributed by atoms with E-state index in [9.17, 15) is 14.7 Å². The average molecular weight is 387 g/mol. The Morgan fingerprint density at radius 1 is 1.35 bits per heavy atom. The van der Waals surface area contributed by atoms with Crippen LogP contribution in [0.2, 0.25) is 18.1 Å². The maximum Gasteiger partial charge on any atom is 0.330 e. The number of aromatic nitrogens is 2. The van der Waals surface area contributed by atoms with Crippen molar-refractivity contribution in [3.05, 3.63) is 32.6 Å². The second-order valence-electron chi connectivity index (χ2n) is 8.31. The van der Waals surface area contributed by atoms with Crippen molar-refractivity contribution >= 4 is 8.32 Å². The number of aryl methyl sites for hydroxylation is 1. The smallest absolute Gasteiger partial charge is 0.330 e. The van der Waals surface area contributed by atoms with Crippen LogP contribution in [0, 0.1) is 6.92 Å². The number of rotatable bonds is 5. The lowest BCUT2D eigenvalue weighted by Crippen LogP contribution is -2.44. The highest BCUT2D eigenvalue weighted by atomic mass is 28.4. The van der Waals surface area contributed by atoms with Gasteiger partial charge in [0.2, 0.25) is 0 Å². The standard InChI is InChI=1S/C17H30N2O6Si/c1-10-8-19(16(22)18-14(10)21)15-13(23-5)12(20)11(25-15)9-24-26(6,7)17(2,3)4/h8,11-13,15,20H,9H2,1-7H3,(H,18,21,22)/t11?,12-,13-,15-/m1/s1. The second kappa shape index (κ2) is 7.39. The van der Waals surface area contributed by atoms with Crippen LogP contribution in [-0.4, -0.2) is 55.0 Å². The molecule has 0 amide bonds. The molecule has 2 rings (SSSR count). The van der Waals surface area contributed by atoms with E-state index < -0.39 is 44.1 Å². The summed E-state index contributed by atoms with van der Waals surface area (Å²) in [5, 5.41) is 10.6. The number of methoxy groups -OCH3 is 1. The van der Waals surface area contributed by atoms with Gasteiger partial charge in [-0.25, -0.2) is 4.79 Å². The first-order chi connectivity index (χ1) is 11.9. The van der Waals surface area contributed by atoms with Crippen molar-refractivity contribution in [1.29, 1.82) is 0 Å². The van der Waals surface area contributed by atoms with Gasteiger partial charge in [0.05, 0.1) is 6.61 Å². The van der Waals surface area contributed by atoms with Crippen LogP contribution in [0.25, 0.3) is 0 Å². The topological polar surface area (TPSA) is 103 Å². The molecule has 4 atom stereocenters. The summed E-state index contributed by atoms with van der Waals surface area (Å²) >= 11 is 0. The number of aliphatic hydroxyl groups excluding tert-OH is 1. The molecule has 1 aliphatic heterocycles. The lowest BCUT2D eigenvalue weighted by molar-refractivity contribution is -0.0614. The molecule has 0 radical (unpaired) electrons. The molecule has 148 valence electrons. The van der Waals surface area contributed by atoms with Gasteiger partial charge in [0.25, 0.3) is 5.56 Å². The lowest BCUT2D eigenvalue weighted by Gasteiger charge is -2.37. The van der Waals surface area contributed by atoms with E-state index in [0.717, 1.165) is 0 Å². The number of H-pyrrole nitrogens is 1. The third-order valence-electron chi connectivity index (χ3n) is 5.42. The van der Waals surface area contributed by atoms with Gasteiger partial charge in [-0.3, -0.25) is 14.3 Å². The van der Waals surface area contributed by atoms with Gasteiger partial charge in [0.15, 0.2) is 14.5 Å². The predicted octanol–water partition coefficient (Wildman–Crippen LogP) is 1.14. The van der Waals surface area contributed by atoms with E-state index in [4.69, 9.17) is 13.9 Å². The molecular weight excluding hydrogens is 356 g/mol. The van der Waals surface area contributed by atoms with Gasteiger partial charge in [-0.05, 0) is 25.1 Å². The van der Waals surface area contributed by atoms with E-state index in [1.54, 1.807) is 6.92 Å². The summed E-state index contributed by atoms with van der Waals surface area (Å²) in [6.45, 7) is 12.5. The van der Waals surface area contributed by atoms with Crippen LogP contribution >= 0.6 is 0 Å². The number of aromatic amines is 1. The first-order valence-corrected chi connectivity index (χ1v) is 11.6. The minimum Gasteiger partial charge on any atom is -0.414 e. The molecule has 1 saturated heterocycles. The molecule has 9 heteroatoms. The van der Waals surface area contributed by atoms with E-state index in [2.05, 4.69) is 38.8 Å². The monoisotopic (exact) mass is 386 g/mol. The SMILES string of the molecule is CO[C@@H]1[C@H](O)C(CO[Si](C)(C)C(C)(C)C)O[C@H]1n1cc(C)c(=O)[nH]c1=O. The van der Waals surface area contributed by atoms with E-state index in [0.29, 0.717) is 5.56 Å². The fourth-order valence-electron chi connectivity index (χ4n) is 2.62. The molecule has 0 spiro atoms. The quantitative estimate of drug-likeness (QED) is 0.736. The summed E-state index contributed by atoms with van der Waals surface area (Å²) in [7, 11) is -0.561. The van der Waals surface area contributed by atoms with Crippen LogP contribution in [0.4, 0.5) is 0 Å². The Balaban J connectivity index is 2.23. The zero-order chi connectivity index (χ0) is 19.9. The third-order valence-corrected chi connectivity index (χ3v) is 9.92. The first-order valence-electron chi connectivity index (χ1n) is 8.71. The van der Waals surface area contributed by atoms with Gasteiger partial charge in [0.1, 0.15) is 18.3 Å². The van der Waals surface area contributed by atoms with Crippen LogP contribution in [-0.2, 0) is 13.9 Å². The fraction of sp³-hybridized carbons (Fsp3) is 0.765. The van der Waals surface area contributed by atoms with Crippen molar-refractivity contribution in [2.24, 2.45) is 0 Å². The summed E-state index contributed by atoms with van der Waals surface area (Å²) < 4.78 is 18.7. The van der Waals surface area contributed by atoms with Gasteiger partial charge in [-0.1, -0.05) is 20.8 Å². The molecule has 0 bridgehead atoms. The maximum atomic E-state index is 12.2. The predicted molar refractivity (Wildman–Crippen MR) is 99.9 cm³/mol. The van der Waals surface area contributed by atoms with Gasteiger partial charge >= 0.3 is 5.69 Å². The zero-order valence-electron chi connectivity index (χ0n) is 16.5. The number of hydrogen-bond acceptors (Lipinski definition) is 6. The Hall–Kier alpha value is -1.26. The molecule has 1 aromatic rings. The van der Waals surface area contributed by atoms with E-state index in [1.165, 1.54) is 17.9 Å². The Morgan fingerprint density at radius 2 is 1.96 bits per heavy atom. The highest BCUT2D eigenvalue weighted by Crippen LogP contribution is 2.38. The molecule has 1 aromatic heterocycles. The van der Waals surface area contributed by atoms with Crippen LogP contribution in [0.5, 0.6) is 0 Å². The van der Waals surface area contributed by atoms with Gasteiger partial charge in [0, 0.05) is 18.9 Å². The van der Waals surface area contributed by atoms with Crippen LogP contribution < -0.4 is 11.2 Å². The molecule has 0 saturated carbocycles. The van der Waals surface area contributed by atoms with E-state index in [-0.39, 0.29) is 11.6 Å². The third kappa shape index (κ3) is 4.01. The van der Waals surface area contributed by atoms with Crippen molar-refractivity contribution in [3.8, 4) is 0 Å². The van der Waals surface area contributed by atoms with Crippen molar-refractivity contribution < 1.29 is 19.0 Å². The molecular formula is C17H30N2O6Si. The van der Waals surface area contributed by atoms with Crippen LogP contribution in [0.1, 0.15) is 32.6 Å². The molecule has 1 fully saturated rings. The van der Waals surface area contributed by atoms with Crippen LogP contribution in [0.3, 0.4) is 0 Å². The number of nitrogens with zero attached hydrogens (tertiary/aromatic N) is 1. The summed E-state index contributed by atoms with van der Waals surface area (Å²) in [6.07, 6.45) is -1.74. The summed E-state index contributed by atoms with van der Waals surface area (Å²) in [5.41, 5.74) is -0.680. The second-order valence-corrected chi connectivity index (χ2v) is 13.1. The van der Waals surface area contributed by atoms with Crippen LogP contribution in [0.15, 0.2) is 15.8 Å². The van der Waals surface area contributed by atoms with Crippen molar-refractivity contribution in [3.63, 3.8) is 0 Å². The number of aliphatic hydroxyl groups is 1. The van der Waals surface area contributed by atoms with Crippen molar-refractivity contribution in [2.45, 2.75) is 70.4 Å². The highest BCUT2D eigenvalue weighted by Gasteiger charge is 2.47. The Kier molecular flexibility index (Phi) is 5.98. The van der Waals surface area contributed by atoms with E-state index >= 15 is 0 Å². The summed E-state index contributed by atoms with van der Waals surface area (Å²) in [6, 6.07) is 0. The molecule has 1 unspecified atom stereocenters. The molecule has 2 heterocycles. The van der Waals surface area contributed by atoms with Gasteiger partial charge in [-0.2, -0.15) is 0 Å². The fourth-order valence-corrected chi connectivity index (χ4v) is 3.63. The Bertz CT molecular complexity index is 751. The number of ether oxygens (including phenoxy) is 2. The Morgan fingerprint density at radius 3 is 2.50 bits per heavy atom. The summed E-state index contributed by atoms with van der Waals surface area (Å²) in [5.74, 6) is 0. The molecule has 2 N–H and O–H groups in total. The van der Waals surface area contributed by atoms with Gasteiger partial charge in [-0.15, -0.1) is 0 Å².